The highest BCUT2D eigenvalue weighted by molar-refractivity contribution is 5.94. The molecule has 0 fully saturated rings. The number of carbonyl (C=O) groups is 1. The summed E-state index contributed by atoms with van der Waals surface area (Å²) in [6.07, 6.45) is 3.60. The first kappa shape index (κ1) is 13.4. The molecule has 0 radical (unpaired) electrons. The van der Waals surface area contributed by atoms with E-state index in [0.29, 0.717) is 5.82 Å². The third kappa shape index (κ3) is 2.94. The predicted molar refractivity (Wildman–Crippen MR) is 82.3 cm³/mol. The Hall–Kier alpha value is -2.62. The summed E-state index contributed by atoms with van der Waals surface area (Å²) < 4.78 is 5.50. The fourth-order valence-electron chi connectivity index (χ4n) is 2.29. The summed E-state index contributed by atoms with van der Waals surface area (Å²) in [5.74, 6) is 0.472. The normalized spacial score (nSPS) is 10.8. The Morgan fingerprint density at radius 1 is 1.19 bits per heavy atom. The van der Waals surface area contributed by atoms with Crippen LogP contribution in [-0.2, 0) is 11.2 Å². The van der Waals surface area contributed by atoms with Crippen LogP contribution in [0.15, 0.2) is 47.2 Å². The van der Waals surface area contributed by atoms with Gasteiger partial charge < -0.3 is 9.73 Å². The largest absolute Gasteiger partial charge is 0.464 e. The van der Waals surface area contributed by atoms with Crippen LogP contribution in [0.3, 0.4) is 0 Å². The molecule has 0 saturated heterocycles. The monoisotopic (exact) mass is 280 g/mol. The zero-order chi connectivity index (χ0) is 14.8. The van der Waals surface area contributed by atoms with E-state index < -0.39 is 0 Å². The van der Waals surface area contributed by atoms with E-state index in [0.717, 1.165) is 27.7 Å². The van der Waals surface area contributed by atoms with Crippen molar-refractivity contribution < 1.29 is 9.21 Å². The van der Waals surface area contributed by atoms with Crippen molar-refractivity contribution >= 4 is 22.7 Å². The quantitative estimate of drug-likeness (QED) is 0.797. The molecule has 21 heavy (non-hydrogen) atoms. The van der Waals surface area contributed by atoms with Crippen LogP contribution in [0.2, 0.25) is 0 Å². The molecular weight excluding hydrogens is 264 g/mol. The lowest BCUT2D eigenvalue weighted by atomic mass is 10.1. The number of fused-ring (bicyclic) bond motifs is 1. The van der Waals surface area contributed by atoms with E-state index in [1.807, 2.05) is 44.2 Å². The van der Waals surface area contributed by atoms with Gasteiger partial charge in [-0.25, -0.2) is 4.98 Å². The highest BCUT2D eigenvalue weighted by Gasteiger charge is 2.11. The van der Waals surface area contributed by atoms with Gasteiger partial charge >= 0.3 is 0 Å². The Morgan fingerprint density at radius 2 is 2.00 bits per heavy atom. The fraction of sp³-hybridized carbons (Fsp3) is 0.176. The second-order valence-electron chi connectivity index (χ2n) is 5.20. The summed E-state index contributed by atoms with van der Waals surface area (Å²) in [6, 6.07) is 9.71. The number of hydrogen-bond donors (Lipinski definition) is 1. The standard InChI is InChI=1S/C17H16N2O2/c1-11-3-4-14-13(10-21-15(14)7-11)9-17(20)19-16-8-12(2)5-6-18-16/h3-8,10H,9H2,1-2H3,(H,18,19,20). The predicted octanol–water partition coefficient (Wildman–Crippen LogP) is 3.63. The van der Waals surface area contributed by atoms with Crippen molar-refractivity contribution in [1.82, 2.24) is 4.98 Å². The van der Waals surface area contributed by atoms with Crippen molar-refractivity contribution in [3.05, 3.63) is 59.5 Å². The van der Waals surface area contributed by atoms with Crippen LogP contribution < -0.4 is 5.32 Å². The molecule has 0 aliphatic rings. The number of anilines is 1. The summed E-state index contributed by atoms with van der Waals surface area (Å²) in [4.78, 5) is 16.2. The topological polar surface area (TPSA) is 55.1 Å². The number of nitrogens with zero attached hydrogens (tertiary/aromatic N) is 1. The molecule has 0 aliphatic carbocycles. The SMILES string of the molecule is Cc1ccnc(NC(=O)Cc2coc3cc(C)ccc23)c1. The molecule has 3 aromatic rings. The zero-order valence-corrected chi connectivity index (χ0v) is 12.0. The maximum absolute atomic E-state index is 12.1. The molecule has 2 heterocycles. The number of hydrogen-bond acceptors (Lipinski definition) is 3. The van der Waals surface area contributed by atoms with Gasteiger partial charge in [-0.15, -0.1) is 0 Å². The number of aryl methyl sites for hydroxylation is 2. The molecule has 0 bridgehead atoms. The Kier molecular flexibility index (Phi) is 3.44. The van der Waals surface area contributed by atoms with E-state index in [1.54, 1.807) is 12.5 Å². The molecule has 1 N–H and O–H groups in total. The minimum Gasteiger partial charge on any atom is -0.464 e. The van der Waals surface area contributed by atoms with Gasteiger partial charge in [0.2, 0.25) is 5.91 Å². The van der Waals surface area contributed by atoms with Crippen LogP contribution in [0.4, 0.5) is 5.82 Å². The minimum absolute atomic E-state index is 0.101. The number of nitrogens with one attached hydrogen (secondary N) is 1. The molecule has 0 aliphatic heterocycles. The third-order valence-electron chi connectivity index (χ3n) is 3.35. The Morgan fingerprint density at radius 3 is 2.81 bits per heavy atom. The van der Waals surface area contributed by atoms with Crippen molar-refractivity contribution in [2.24, 2.45) is 0 Å². The van der Waals surface area contributed by atoms with E-state index in [2.05, 4.69) is 10.3 Å². The average Bonchev–Trinajstić information content (AvgIpc) is 2.81. The number of pyridine rings is 1. The van der Waals surface area contributed by atoms with Crippen LogP contribution >= 0.6 is 0 Å². The number of benzene rings is 1. The second-order valence-corrected chi connectivity index (χ2v) is 5.20. The number of furan rings is 1. The van der Waals surface area contributed by atoms with Gasteiger partial charge in [0.05, 0.1) is 12.7 Å². The number of carbonyl (C=O) groups excluding carboxylic acids is 1. The molecule has 2 aromatic heterocycles. The molecule has 1 aromatic carbocycles. The van der Waals surface area contributed by atoms with Gasteiger partial charge in [0, 0.05) is 17.1 Å². The molecule has 0 unspecified atom stereocenters. The summed E-state index contributed by atoms with van der Waals surface area (Å²) in [7, 11) is 0. The van der Waals surface area contributed by atoms with Gasteiger partial charge in [-0.3, -0.25) is 4.79 Å². The number of rotatable bonds is 3. The lowest BCUT2D eigenvalue weighted by Crippen LogP contribution is -2.15. The van der Waals surface area contributed by atoms with Crippen LogP contribution in [0, 0.1) is 13.8 Å². The van der Waals surface area contributed by atoms with E-state index >= 15 is 0 Å². The molecule has 4 heteroatoms. The van der Waals surface area contributed by atoms with E-state index in [4.69, 9.17) is 4.42 Å². The lowest BCUT2D eigenvalue weighted by molar-refractivity contribution is -0.115. The van der Waals surface area contributed by atoms with Crippen molar-refractivity contribution in [1.29, 1.82) is 0 Å². The van der Waals surface area contributed by atoms with Gasteiger partial charge in [-0.05, 0) is 43.2 Å². The maximum atomic E-state index is 12.1. The lowest BCUT2D eigenvalue weighted by Gasteiger charge is -2.04. The maximum Gasteiger partial charge on any atom is 0.230 e. The molecule has 0 saturated carbocycles. The molecule has 1 amide bonds. The summed E-state index contributed by atoms with van der Waals surface area (Å²) in [6.45, 7) is 3.97. The fourth-order valence-corrected chi connectivity index (χ4v) is 2.29. The molecule has 4 nitrogen and oxygen atoms in total. The molecule has 3 rings (SSSR count). The average molecular weight is 280 g/mol. The van der Waals surface area contributed by atoms with Gasteiger partial charge in [0.25, 0.3) is 0 Å². The first-order chi connectivity index (χ1) is 10.1. The van der Waals surface area contributed by atoms with E-state index in [1.165, 1.54) is 0 Å². The van der Waals surface area contributed by atoms with Crippen LogP contribution in [0.25, 0.3) is 11.0 Å². The minimum atomic E-state index is -0.101. The van der Waals surface area contributed by atoms with E-state index in [9.17, 15) is 4.79 Å². The Bertz CT molecular complexity index is 805. The van der Waals surface area contributed by atoms with Gasteiger partial charge in [-0.2, -0.15) is 0 Å². The van der Waals surface area contributed by atoms with Gasteiger partial charge in [-0.1, -0.05) is 12.1 Å². The smallest absolute Gasteiger partial charge is 0.230 e. The van der Waals surface area contributed by atoms with Gasteiger partial charge in [0.1, 0.15) is 11.4 Å². The summed E-state index contributed by atoms with van der Waals surface area (Å²) in [5, 5.41) is 3.78. The van der Waals surface area contributed by atoms with E-state index in [-0.39, 0.29) is 12.3 Å². The van der Waals surface area contributed by atoms with Gasteiger partial charge in [0.15, 0.2) is 0 Å². The highest BCUT2D eigenvalue weighted by atomic mass is 16.3. The third-order valence-corrected chi connectivity index (χ3v) is 3.35. The first-order valence-electron chi connectivity index (χ1n) is 6.81. The molecule has 106 valence electrons. The van der Waals surface area contributed by atoms with Crippen molar-refractivity contribution in [3.63, 3.8) is 0 Å². The van der Waals surface area contributed by atoms with Crippen molar-refractivity contribution in [2.75, 3.05) is 5.32 Å². The number of aromatic nitrogens is 1. The van der Waals surface area contributed by atoms with Crippen molar-refractivity contribution in [3.8, 4) is 0 Å². The summed E-state index contributed by atoms with van der Waals surface area (Å²) >= 11 is 0. The molecular formula is C17H16N2O2. The van der Waals surface area contributed by atoms with Crippen molar-refractivity contribution in [2.45, 2.75) is 20.3 Å². The summed E-state index contributed by atoms with van der Waals surface area (Å²) in [5.41, 5.74) is 3.89. The first-order valence-corrected chi connectivity index (χ1v) is 6.81. The Balaban J connectivity index is 1.77. The Labute approximate surface area is 122 Å². The highest BCUT2D eigenvalue weighted by Crippen LogP contribution is 2.23. The van der Waals surface area contributed by atoms with Crippen LogP contribution in [0.1, 0.15) is 16.7 Å². The zero-order valence-electron chi connectivity index (χ0n) is 12.0. The number of amides is 1. The van der Waals surface area contributed by atoms with Crippen LogP contribution in [0.5, 0.6) is 0 Å². The molecule has 0 atom stereocenters. The second kappa shape index (κ2) is 5.40. The van der Waals surface area contributed by atoms with Crippen LogP contribution in [-0.4, -0.2) is 10.9 Å². The molecule has 0 spiro atoms.